The van der Waals surface area contributed by atoms with Crippen molar-refractivity contribution in [2.75, 3.05) is 53.7 Å². The number of aromatic amines is 1. The summed E-state index contributed by atoms with van der Waals surface area (Å²) >= 11 is 0. The molecule has 1 aromatic carbocycles. The lowest BCUT2D eigenvalue weighted by atomic mass is 10.2. The van der Waals surface area contributed by atoms with E-state index in [0.29, 0.717) is 47.4 Å². The van der Waals surface area contributed by atoms with E-state index < -0.39 is 0 Å². The maximum atomic E-state index is 6.00. The monoisotopic (exact) mass is 429 g/mol. The fourth-order valence-electron chi connectivity index (χ4n) is 3.41. The van der Waals surface area contributed by atoms with E-state index in [4.69, 9.17) is 23.7 Å². The average molecular weight is 429 g/mol. The molecule has 0 bridgehead atoms. The Labute approximate surface area is 180 Å². The fourth-order valence-corrected chi connectivity index (χ4v) is 3.41. The van der Waals surface area contributed by atoms with E-state index in [2.05, 4.69) is 25.1 Å². The molecule has 0 amide bonds. The summed E-state index contributed by atoms with van der Waals surface area (Å²) in [6.07, 6.45) is 2.37. The molecule has 4 rings (SSSR count). The second-order valence-corrected chi connectivity index (χ2v) is 7.12. The molecule has 1 aliphatic rings. The summed E-state index contributed by atoms with van der Waals surface area (Å²) in [6, 6.07) is 5.43. The van der Waals surface area contributed by atoms with E-state index in [9.17, 15) is 0 Å². The number of benzene rings is 1. The molecule has 10 heteroatoms. The third-order valence-electron chi connectivity index (χ3n) is 4.97. The Hall–Kier alpha value is -2.95. The number of hydrogen-bond donors (Lipinski definition) is 1. The average Bonchev–Trinajstić information content (AvgIpc) is 3.24. The van der Waals surface area contributed by atoms with Gasteiger partial charge in [-0.2, -0.15) is 0 Å². The van der Waals surface area contributed by atoms with Crippen molar-refractivity contribution in [3.63, 3.8) is 0 Å². The van der Waals surface area contributed by atoms with Crippen molar-refractivity contribution in [1.82, 2.24) is 25.1 Å². The van der Waals surface area contributed by atoms with E-state index >= 15 is 0 Å². The predicted octanol–water partition coefficient (Wildman–Crippen LogP) is 2.40. The molecule has 0 atom stereocenters. The number of rotatable bonds is 10. The van der Waals surface area contributed by atoms with Crippen LogP contribution in [0.3, 0.4) is 0 Å². The normalized spacial score (nSPS) is 14.6. The number of methoxy groups -OCH3 is 2. The summed E-state index contributed by atoms with van der Waals surface area (Å²) < 4.78 is 27.9. The quantitative estimate of drug-likeness (QED) is 0.487. The van der Waals surface area contributed by atoms with Gasteiger partial charge in [0.15, 0.2) is 11.5 Å². The molecule has 3 aromatic rings. The Bertz CT molecular complexity index is 989. The first-order chi connectivity index (χ1) is 15.3. The van der Waals surface area contributed by atoms with E-state index in [0.717, 1.165) is 45.0 Å². The van der Waals surface area contributed by atoms with Crippen LogP contribution in [0.2, 0.25) is 0 Å². The van der Waals surface area contributed by atoms with Gasteiger partial charge in [0, 0.05) is 38.9 Å². The molecule has 1 saturated heterocycles. The first-order valence-electron chi connectivity index (χ1n) is 10.2. The van der Waals surface area contributed by atoms with Crippen molar-refractivity contribution in [2.45, 2.75) is 13.0 Å². The van der Waals surface area contributed by atoms with Crippen LogP contribution in [0.1, 0.15) is 12.1 Å². The van der Waals surface area contributed by atoms with Gasteiger partial charge in [-0.25, -0.2) is 9.97 Å². The second kappa shape index (κ2) is 10.4. The number of nitrogens with one attached hydrogen (secondary N) is 1. The Morgan fingerprint density at radius 3 is 2.77 bits per heavy atom. The Morgan fingerprint density at radius 1 is 1.10 bits per heavy atom. The molecular formula is C21H27N5O5. The number of hydrogen-bond acceptors (Lipinski definition) is 9. The van der Waals surface area contributed by atoms with Gasteiger partial charge in [0.05, 0.1) is 50.1 Å². The van der Waals surface area contributed by atoms with Crippen molar-refractivity contribution in [3.8, 4) is 23.3 Å². The highest BCUT2D eigenvalue weighted by Gasteiger charge is 2.15. The molecule has 3 heterocycles. The third-order valence-corrected chi connectivity index (χ3v) is 4.97. The topological polar surface area (TPSA) is 104 Å². The van der Waals surface area contributed by atoms with Crippen molar-refractivity contribution < 1.29 is 23.7 Å². The van der Waals surface area contributed by atoms with Gasteiger partial charge in [-0.3, -0.25) is 10.00 Å². The molecule has 0 saturated carbocycles. The van der Waals surface area contributed by atoms with Crippen LogP contribution in [0.5, 0.6) is 23.3 Å². The smallest absolute Gasteiger partial charge is 0.240 e. The van der Waals surface area contributed by atoms with Crippen LogP contribution in [0, 0.1) is 0 Å². The van der Waals surface area contributed by atoms with Gasteiger partial charge in [0.25, 0.3) is 0 Å². The first kappa shape index (κ1) is 21.3. The lowest BCUT2D eigenvalue weighted by Crippen LogP contribution is -2.37. The highest BCUT2D eigenvalue weighted by atomic mass is 16.5. The van der Waals surface area contributed by atoms with Gasteiger partial charge in [-0.1, -0.05) is 0 Å². The molecule has 2 aromatic heterocycles. The molecule has 10 nitrogen and oxygen atoms in total. The van der Waals surface area contributed by atoms with Gasteiger partial charge in [-0.15, -0.1) is 5.10 Å². The lowest BCUT2D eigenvalue weighted by Gasteiger charge is -2.26. The van der Waals surface area contributed by atoms with Crippen LogP contribution < -0.4 is 14.2 Å². The zero-order chi connectivity index (χ0) is 21.5. The van der Waals surface area contributed by atoms with E-state index in [1.54, 1.807) is 20.3 Å². The molecule has 1 N–H and O–H groups in total. The van der Waals surface area contributed by atoms with Crippen molar-refractivity contribution in [1.29, 1.82) is 0 Å². The van der Waals surface area contributed by atoms with Gasteiger partial charge in [0.1, 0.15) is 6.33 Å². The number of ether oxygens (including phenoxy) is 5. The largest absolute Gasteiger partial charge is 0.493 e. The zero-order valence-corrected chi connectivity index (χ0v) is 17.8. The van der Waals surface area contributed by atoms with Gasteiger partial charge >= 0.3 is 0 Å². The number of nitrogens with zero attached hydrogens (tertiary/aromatic N) is 4. The molecule has 31 heavy (non-hydrogen) atoms. The minimum absolute atomic E-state index is 0.387. The number of aromatic nitrogens is 4. The SMILES string of the molecule is COCc1cc(Oc2ncnc3cc(OCCCN4CCOCC4)c(OC)cc23)n[nH]1. The minimum Gasteiger partial charge on any atom is -0.493 e. The van der Waals surface area contributed by atoms with Crippen molar-refractivity contribution >= 4 is 10.9 Å². The third kappa shape index (κ3) is 5.40. The van der Waals surface area contributed by atoms with Crippen LogP contribution in [0.25, 0.3) is 10.9 Å². The molecule has 166 valence electrons. The summed E-state index contributed by atoms with van der Waals surface area (Å²) in [7, 11) is 3.23. The number of morpholine rings is 1. The molecule has 0 spiro atoms. The van der Waals surface area contributed by atoms with Crippen molar-refractivity contribution in [2.24, 2.45) is 0 Å². The van der Waals surface area contributed by atoms with Crippen LogP contribution in [0.4, 0.5) is 0 Å². The van der Waals surface area contributed by atoms with Crippen LogP contribution in [0.15, 0.2) is 24.5 Å². The summed E-state index contributed by atoms with van der Waals surface area (Å²) in [4.78, 5) is 11.0. The van der Waals surface area contributed by atoms with Gasteiger partial charge in [0.2, 0.25) is 11.8 Å². The van der Waals surface area contributed by atoms with Gasteiger partial charge in [-0.05, 0) is 12.5 Å². The minimum atomic E-state index is 0.387. The lowest BCUT2D eigenvalue weighted by molar-refractivity contribution is 0.0357. The second-order valence-electron chi connectivity index (χ2n) is 7.12. The molecular weight excluding hydrogens is 402 g/mol. The highest BCUT2D eigenvalue weighted by Crippen LogP contribution is 2.35. The Morgan fingerprint density at radius 2 is 1.97 bits per heavy atom. The predicted molar refractivity (Wildman–Crippen MR) is 113 cm³/mol. The number of H-pyrrole nitrogens is 1. The molecule has 0 radical (unpaired) electrons. The summed E-state index contributed by atoms with van der Waals surface area (Å²) in [5.41, 5.74) is 1.50. The van der Waals surface area contributed by atoms with Crippen LogP contribution in [-0.2, 0) is 16.1 Å². The number of fused-ring (bicyclic) bond motifs is 1. The zero-order valence-electron chi connectivity index (χ0n) is 17.8. The molecule has 1 fully saturated rings. The first-order valence-corrected chi connectivity index (χ1v) is 10.2. The molecule has 1 aliphatic heterocycles. The van der Waals surface area contributed by atoms with Crippen LogP contribution >= 0.6 is 0 Å². The fraction of sp³-hybridized carbons (Fsp3) is 0.476. The highest BCUT2D eigenvalue weighted by molar-refractivity contribution is 5.86. The van der Waals surface area contributed by atoms with Crippen molar-refractivity contribution in [3.05, 3.63) is 30.2 Å². The summed E-state index contributed by atoms with van der Waals surface area (Å²) in [5, 5.41) is 7.70. The maximum absolute atomic E-state index is 6.00. The van der Waals surface area contributed by atoms with E-state index in [1.165, 1.54) is 6.33 Å². The Kier molecular flexibility index (Phi) is 7.13. The molecule has 0 aliphatic carbocycles. The van der Waals surface area contributed by atoms with Gasteiger partial charge < -0.3 is 23.7 Å². The van der Waals surface area contributed by atoms with E-state index in [1.807, 2.05) is 12.1 Å². The summed E-state index contributed by atoms with van der Waals surface area (Å²) in [5.74, 6) is 2.02. The molecule has 0 unspecified atom stereocenters. The standard InChI is InChI=1S/C21H27N5O5/c1-27-13-15-10-20(25-24-15)31-21-16-11-18(28-2)19(12-17(16)22-14-23-21)30-7-3-4-26-5-8-29-9-6-26/h10-12,14H,3-9,13H2,1-2H3,(H,24,25). The summed E-state index contributed by atoms with van der Waals surface area (Å²) in [6.45, 7) is 5.53. The Balaban J connectivity index is 1.45. The van der Waals surface area contributed by atoms with Crippen LogP contribution in [-0.4, -0.2) is 78.7 Å². The van der Waals surface area contributed by atoms with E-state index in [-0.39, 0.29) is 0 Å². The maximum Gasteiger partial charge on any atom is 0.240 e.